The number of methoxy groups -OCH3 is 1. The number of aryl methyl sites for hydroxylation is 1. The highest BCUT2D eigenvalue weighted by molar-refractivity contribution is 7.90. The Morgan fingerprint density at radius 2 is 1.84 bits per heavy atom. The average Bonchev–Trinajstić information content (AvgIpc) is 3.19. The summed E-state index contributed by atoms with van der Waals surface area (Å²) < 4.78 is 37.2. The highest BCUT2D eigenvalue weighted by Gasteiger charge is 2.28. The van der Waals surface area contributed by atoms with Crippen LogP contribution in [0.3, 0.4) is 0 Å². The van der Waals surface area contributed by atoms with Crippen LogP contribution in [0.15, 0.2) is 47.4 Å². The van der Waals surface area contributed by atoms with Gasteiger partial charge in [-0.1, -0.05) is 38.1 Å². The number of aromatic amines is 1. The van der Waals surface area contributed by atoms with Crippen molar-refractivity contribution in [1.82, 2.24) is 19.5 Å². The third-order valence-electron chi connectivity index (χ3n) is 6.33. The first-order valence-corrected chi connectivity index (χ1v) is 14.2. The Morgan fingerprint density at radius 3 is 2.49 bits per heavy atom. The molecule has 0 radical (unpaired) electrons. The molecule has 10 heteroatoms. The van der Waals surface area contributed by atoms with Gasteiger partial charge in [0.05, 0.1) is 36.7 Å². The van der Waals surface area contributed by atoms with Gasteiger partial charge < -0.3 is 14.5 Å². The van der Waals surface area contributed by atoms with Crippen LogP contribution in [0.1, 0.15) is 49.6 Å². The SMILES string of the molecule is CCOc1nc([C@@H](CS(C)(=O)=O)n2c(=O)[nH]c3c(C)c(-c4ccccc4C(C)C)cnc32)ccc1OC. The van der Waals surface area contributed by atoms with Gasteiger partial charge in [0.1, 0.15) is 9.84 Å². The summed E-state index contributed by atoms with van der Waals surface area (Å²) in [4.78, 5) is 25.4. The fourth-order valence-corrected chi connectivity index (χ4v) is 5.49. The number of H-pyrrole nitrogens is 1. The minimum Gasteiger partial charge on any atom is -0.491 e. The van der Waals surface area contributed by atoms with Crippen LogP contribution >= 0.6 is 0 Å². The molecule has 0 unspecified atom stereocenters. The van der Waals surface area contributed by atoms with Crippen molar-refractivity contribution in [2.45, 2.75) is 39.7 Å². The molecule has 1 aromatic carbocycles. The van der Waals surface area contributed by atoms with E-state index in [1.165, 1.54) is 17.2 Å². The molecule has 0 bridgehead atoms. The first-order valence-electron chi connectivity index (χ1n) is 12.1. The fraction of sp³-hybridized carbons (Fsp3) is 0.370. The number of imidazole rings is 1. The van der Waals surface area contributed by atoms with Gasteiger partial charge in [-0.05, 0) is 48.6 Å². The number of sulfone groups is 1. The maximum Gasteiger partial charge on any atom is 0.328 e. The molecule has 1 N–H and O–H groups in total. The van der Waals surface area contributed by atoms with Crippen molar-refractivity contribution in [3.8, 4) is 22.8 Å². The molecule has 0 aliphatic carbocycles. The first kappa shape index (κ1) is 26.4. The second kappa shape index (κ2) is 10.4. The topological polar surface area (TPSA) is 116 Å². The smallest absolute Gasteiger partial charge is 0.328 e. The molecule has 0 saturated heterocycles. The van der Waals surface area contributed by atoms with Crippen molar-refractivity contribution in [1.29, 1.82) is 0 Å². The molecule has 0 amide bonds. The predicted molar refractivity (Wildman–Crippen MR) is 144 cm³/mol. The fourth-order valence-electron chi connectivity index (χ4n) is 4.59. The molecule has 0 aliphatic heterocycles. The third kappa shape index (κ3) is 5.24. The van der Waals surface area contributed by atoms with E-state index in [1.54, 1.807) is 18.3 Å². The normalized spacial score (nSPS) is 12.7. The number of aromatic nitrogens is 4. The largest absolute Gasteiger partial charge is 0.491 e. The molecule has 9 nitrogen and oxygen atoms in total. The van der Waals surface area contributed by atoms with E-state index in [4.69, 9.17) is 9.47 Å². The molecule has 0 fully saturated rings. The molecular weight excluding hydrogens is 492 g/mol. The van der Waals surface area contributed by atoms with E-state index in [1.807, 2.05) is 32.0 Å². The lowest BCUT2D eigenvalue weighted by atomic mass is 9.91. The molecule has 0 aliphatic rings. The summed E-state index contributed by atoms with van der Waals surface area (Å²) in [6.45, 7) is 8.35. The van der Waals surface area contributed by atoms with E-state index in [-0.39, 0.29) is 11.6 Å². The summed E-state index contributed by atoms with van der Waals surface area (Å²) in [6, 6.07) is 10.5. The molecule has 0 saturated carbocycles. The lowest BCUT2D eigenvalue weighted by molar-refractivity contribution is 0.296. The molecular formula is C27H32N4O5S. The van der Waals surface area contributed by atoms with Gasteiger partial charge in [0.15, 0.2) is 11.4 Å². The Hall–Kier alpha value is -3.66. The third-order valence-corrected chi connectivity index (χ3v) is 7.25. The number of benzene rings is 1. The van der Waals surface area contributed by atoms with E-state index >= 15 is 0 Å². The number of rotatable bonds is 9. The molecule has 3 heterocycles. The van der Waals surface area contributed by atoms with Crippen LogP contribution in [0, 0.1) is 6.92 Å². The monoisotopic (exact) mass is 524 g/mol. The lowest BCUT2D eigenvalue weighted by Gasteiger charge is -2.19. The van der Waals surface area contributed by atoms with E-state index in [2.05, 4.69) is 34.9 Å². The maximum absolute atomic E-state index is 13.3. The van der Waals surface area contributed by atoms with Crippen molar-refractivity contribution >= 4 is 21.0 Å². The Morgan fingerprint density at radius 1 is 1.11 bits per heavy atom. The number of pyridine rings is 2. The number of nitrogens with one attached hydrogen (secondary N) is 1. The van der Waals surface area contributed by atoms with Crippen molar-refractivity contribution < 1.29 is 17.9 Å². The zero-order valence-electron chi connectivity index (χ0n) is 21.9. The molecule has 4 aromatic rings. The highest BCUT2D eigenvalue weighted by Crippen LogP contribution is 2.34. The van der Waals surface area contributed by atoms with Crippen LogP contribution in [0.25, 0.3) is 22.3 Å². The quantitative estimate of drug-likeness (QED) is 0.348. The standard InChI is InChI=1S/C27H32N4O5S/c1-7-36-26-23(35-5)13-12-21(29-26)22(15-37(6,33)34)31-25-24(30-27(31)32)17(4)20(14-28-25)19-11-9-8-10-18(19)16(2)3/h8-14,16,22H,7,15H2,1-6H3,(H,30,32)/t22-/m1/s1. The zero-order chi connectivity index (χ0) is 26.9. The summed E-state index contributed by atoms with van der Waals surface area (Å²) in [5, 5.41) is 0. The number of ether oxygens (including phenoxy) is 2. The average molecular weight is 525 g/mol. The van der Waals surface area contributed by atoms with Crippen molar-refractivity contribution in [3.05, 3.63) is 69.9 Å². The zero-order valence-corrected chi connectivity index (χ0v) is 22.7. The second-order valence-electron chi connectivity index (χ2n) is 9.32. The number of hydrogen-bond donors (Lipinski definition) is 1. The van der Waals surface area contributed by atoms with Crippen LogP contribution in [-0.4, -0.2) is 53.7 Å². The van der Waals surface area contributed by atoms with Crippen LogP contribution in [-0.2, 0) is 9.84 Å². The molecule has 196 valence electrons. The van der Waals surface area contributed by atoms with E-state index in [0.29, 0.717) is 35.1 Å². The number of hydrogen-bond acceptors (Lipinski definition) is 7. The van der Waals surface area contributed by atoms with Crippen LogP contribution in [0.4, 0.5) is 0 Å². The number of nitrogens with zero attached hydrogens (tertiary/aromatic N) is 3. The summed E-state index contributed by atoms with van der Waals surface area (Å²) >= 11 is 0. The Balaban J connectivity index is 1.94. The van der Waals surface area contributed by atoms with Crippen molar-refractivity contribution in [3.63, 3.8) is 0 Å². The number of fused-ring (bicyclic) bond motifs is 1. The summed E-state index contributed by atoms with van der Waals surface area (Å²) in [5.74, 6) is 0.599. The molecule has 37 heavy (non-hydrogen) atoms. The minimum atomic E-state index is -3.51. The van der Waals surface area contributed by atoms with Gasteiger partial charge in [-0.15, -0.1) is 0 Å². The van der Waals surface area contributed by atoms with Gasteiger partial charge in [0.2, 0.25) is 0 Å². The summed E-state index contributed by atoms with van der Waals surface area (Å²) in [7, 11) is -2.01. The molecule has 0 spiro atoms. The van der Waals surface area contributed by atoms with Crippen molar-refractivity contribution in [2.75, 3.05) is 25.7 Å². The van der Waals surface area contributed by atoms with Crippen LogP contribution in [0.2, 0.25) is 0 Å². The van der Waals surface area contributed by atoms with E-state index < -0.39 is 21.6 Å². The predicted octanol–water partition coefficient (Wildman–Crippen LogP) is 4.26. The van der Waals surface area contributed by atoms with Gasteiger partial charge in [-0.25, -0.2) is 23.2 Å². The molecule has 1 atom stereocenters. The first-order chi connectivity index (χ1) is 17.6. The van der Waals surface area contributed by atoms with E-state index in [9.17, 15) is 13.2 Å². The maximum atomic E-state index is 13.3. The van der Waals surface area contributed by atoms with Crippen molar-refractivity contribution in [2.24, 2.45) is 0 Å². The summed E-state index contributed by atoms with van der Waals surface area (Å²) in [6.07, 6.45) is 2.87. The van der Waals surface area contributed by atoms with Gasteiger partial charge in [-0.3, -0.25) is 4.57 Å². The Bertz CT molecular complexity index is 1610. The molecule has 3 aromatic heterocycles. The minimum absolute atomic E-state index is 0.227. The van der Waals surface area contributed by atoms with Gasteiger partial charge in [0, 0.05) is 18.0 Å². The van der Waals surface area contributed by atoms with Crippen LogP contribution < -0.4 is 15.2 Å². The Kier molecular flexibility index (Phi) is 7.40. The second-order valence-corrected chi connectivity index (χ2v) is 11.5. The van der Waals surface area contributed by atoms with Gasteiger partial charge in [-0.2, -0.15) is 0 Å². The van der Waals surface area contributed by atoms with Gasteiger partial charge >= 0.3 is 5.69 Å². The van der Waals surface area contributed by atoms with E-state index in [0.717, 1.165) is 22.9 Å². The summed E-state index contributed by atoms with van der Waals surface area (Å²) in [5.41, 5.74) is 4.78. The van der Waals surface area contributed by atoms with Crippen LogP contribution in [0.5, 0.6) is 11.6 Å². The lowest BCUT2D eigenvalue weighted by Crippen LogP contribution is -2.29. The Labute approximate surface area is 216 Å². The molecule has 4 rings (SSSR count). The highest BCUT2D eigenvalue weighted by atomic mass is 32.2. The van der Waals surface area contributed by atoms with Gasteiger partial charge in [0.25, 0.3) is 5.88 Å².